The van der Waals surface area contributed by atoms with Crippen molar-refractivity contribution in [3.8, 4) is 5.75 Å². The Bertz CT molecular complexity index is 663. The second kappa shape index (κ2) is 17.3. The smallest absolute Gasteiger partial charge is 0.127 e. The van der Waals surface area contributed by atoms with Gasteiger partial charge in [-0.25, -0.2) is 0 Å². The first-order valence-corrected chi connectivity index (χ1v) is 10.4. The van der Waals surface area contributed by atoms with Crippen LogP contribution in [0.25, 0.3) is 10.8 Å². The Kier molecular flexibility index (Phi) is 17.4. The number of benzene rings is 2. The molecule has 2 N–H and O–H groups in total. The number of hydrogen-bond acceptors (Lipinski definition) is 2. The van der Waals surface area contributed by atoms with E-state index in [1.807, 2.05) is 50.6 Å². The topological polar surface area (TPSA) is 40.7 Å². The summed E-state index contributed by atoms with van der Waals surface area (Å²) in [6, 6.07) is 18.7. The second-order valence-corrected chi connectivity index (χ2v) is 5.96. The van der Waals surface area contributed by atoms with Gasteiger partial charge < -0.3 is 10.2 Å². The van der Waals surface area contributed by atoms with Crippen LogP contribution in [-0.2, 0) is 0 Å². The van der Waals surface area contributed by atoms with E-state index in [4.69, 9.17) is 4.74 Å². The highest BCUT2D eigenvalue weighted by Gasteiger charge is 2.35. The molecule has 0 spiro atoms. The lowest BCUT2D eigenvalue weighted by Gasteiger charge is -2.08. The molecule has 0 bridgehead atoms. The fourth-order valence-electron chi connectivity index (χ4n) is 2.14. The number of hydrogen-bond donors (Lipinski definition) is 0. The molecule has 1 aliphatic rings. The van der Waals surface area contributed by atoms with E-state index in [-0.39, 0.29) is 6.90 Å². The van der Waals surface area contributed by atoms with Crippen LogP contribution in [0.15, 0.2) is 78.5 Å². The first kappa shape index (κ1) is 27.1. The molecular weight excluding hydrogens is 352 g/mol. The summed E-state index contributed by atoms with van der Waals surface area (Å²) < 4.78 is 5.95. The fraction of sp³-hybridized carbons (Fsp3) is 0.333. The van der Waals surface area contributed by atoms with Gasteiger partial charge in [0.05, 0.1) is 0 Å². The van der Waals surface area contributed by atoms with Crippen LogP contribution in [0.2, 0.25) is 0 Å². The zero-order valence-electron chi connectivity index (χ0n) is 17.4. The monoisotopic (exact) mass is 390 g/mol. The van der Waals surface area contributed by atoms with Crippen LogP contribution in [-0.4, -0.2) is 11.6 Å². The van der Waals surface area contributed by atoms with Gasteiger partial charge in [0.2, 0.25) is 0 Å². The van der Waals surface area contributed by atoms with Crippen LogP contribution in [0.4, 0.5) is 0 Å². The summed E-state index contributed by atoms with van der Waals surface area (Å²) in [7, 11) is 0. The molecule has 27 heavy (non-hydrogen) atoms. The van der Waals surface area contributed by atoms with E-state index in [0.29, 0.717) is 6.10 Å². The molecule has 0 amide bonds. The minimum atomic E-state index is 0. The molecule has 0 saturated heterocycles. The highest BCUT2D eigenvalue weighted by molar-refractivity contribution is 7.07. The summed E-state index contributed by atoms with van der Waals surface area (Å²) in [5, 5.41) is 6.56. The molecule has 0 aliphatic heterocycles. The average molecular weight is 391 g/mol. The zero-order valence-corrected chi connectivity index (χ0v) is 18.3. The Balaban J connectivity index is -0.000000410. The number of thiophene rings is 1. The molecule has 3 aromatic rings. The molecule has 3 heteroatoms. The van der Waals surface area contributed by atoms with E-state index in [9.17, 15) is 0 Å². The SMILES string of the molecule is C=C.CC.CC.C[C@@H]1CC1Oc1cccc2ccccc12.O.[HH].c1ccsc1. The van der Waals surface area contributed by atoms with Gasteiger partial charge in [0.25, 0.3) is 0 Å². The van der Waals surface area contributed by atoms with Gasteiger partial charge in [-0.05, 0) is 34.6 Å². The normalized spacial score (nSPS) is 15.4. The molecule has 1 saturated carbocycles. The second-order valence-electron chi connectivity index (χ2n) is 5.14. The van der Waals surface area contributed by atoms with E-state index < -0.39 is 0 Å². The molecule has 1 aromatic heterocycles. The summed E-state index contributed by atoms with van der Waals surface area (Å²) in [5.74, 6) is 1.76. The molecule has 2 nitrogen and oxygen atoms in total. The molecule has 1 unspecified atom stereocenters. The lowest BCUT2D eigenvalue weighted by atomic mass is 10.1. The molecule has 0 radical (unpaired) electrons. The summed E-state index contributed by atoms with van der Waals surface area (Å²) in [6.45, 7) is 16.2. The molecular formula is C24H38O2S. The summed E-state index contributed by atoms with van der Waals surface area (Å²) >= 11 is 1.71. The Hall–Kier alpha value is -2.10. The fourth-order valence-corrected chi connectivity index (χ4v) is 2.59. The van der Waals surface area contributed by atoms with Crippen molar-refractivity contribution >= 4 is 22.1 Å². The predicted octanol–water partition coefficient (Wildman–Crippen LogP) is 7.65. The molecule has 1 heterocycles. The summed E-state index contributed by atoms with van der Waals surface area (Å²) in [4.78, 5) is 0. The van der Waals surface area contributed by atoms with Crippen molar-refractivity contribution in [3.63, 3.8) is 0 Å². The van der Waals surface area contributed by atoms with Gasteiger partial charge in [-0.2, -0.15) is 11.3 Å². The first-order chi connectivity index (χ1) is 12.8. The van der Waals surface area contributed by atoms with E-state index in [1.165, 1.54) is 17.2 Å². The number of fused-ring (bicyclic) bond motifs is 1. The Morgan fingerprint density at radius 3 is 1.89 bits per heavy atom. The maximum Gasteiger partial charge on any atom is 0.127 e. The molecule has 1 aliphatic carbocycles. The van der Waals surface area contributed by atoms with E-state index >= 15 is 0 Å². The molecule has 4 rings (SSSR count). The highest BCUT2D eigenvalue weighted by Crippen LogP contribution is 2.36. The lowest BCUT2D eigenvalue weighted by molar-refractivity contribution is 0.291. The predicted molar refractivity (Wildman–Crippen MR) is 126 cm³/mol. The summed E-state index contributed by atoms with van der Waals surface area (Å²) in [5.41, 5.74) is 0. The van der Waals surface area contributed by atoms with E-state index in [1.54, 1.807) is 11.3 Å². The standard InChI is InChI=1S/C14H14O.C4H4S.2C2H6.C2H4.H2O.H2/c1-10-9-14(10)15-13-8-4-6-11-5-2-3-7-12(11)13;1-2-4-5-3-1;3*1-2;;/h2-8,10,14H,9H2,1H3;1-4H;2*1-2H3;1-2H2;1H2;1H/t10-,14?;;;;;;/m1....../s1. The summed E-state index contributed by atoms with van der Waals surface area (Å²) in [6.07, 6.45) is 1.64. The lowest BCUT2D eigenvalue weighted by Crippen LogP contribution is -1.98. The molecule has 2 atom stereocenters. The van der Waals surface area contributed by atoms with Crippen LogP contribution in [0.5, 0.6) is 5.75 Å². The Morgan fingerprint density at radius 2 is 1.41 bits per heavy atom. The van der Waals surface area contributed by atoms with Gasteiger partial charge in [0.15, 0.2) is 0 Å². The number of rotatable bonds is 2. The minimum Gasteiger partial charge on any atom is -0.489 e. The van der Waals surface area contributed by atoms with Crippen LogP contribution >= 0.6 is 11.3 Å². The van der Waals surface area contributed by atoms with Gasteiger partial charge in [0.1, 0.15) is 11.9 Å². The van der Waals surface area contributed by atoms with Crippen LogP contribution in [0.3, 0.4) is 0 Å². The van der Waals surface area contributed by atoms with Gasteiger partial charge in [-0.3, -0.25) is 0 Å². The van der Waals surface area contributed by atoms with Gasteiger partial charge in [-0.1, -0.05) is 83.1 Å². The van der Waals surface area contributed by atoms with E-state index in [0.717, 1.165) is 11.7 Å². The molecule has 1 fully saturated rings. The van der Waals surface area contributed by atoms with Crippen molar-refractivity contribution in [1.82, 2.24) is 0 Å². The minimum absolute atomic E-state index is 0. The van der Waals surface area contributed by atoms with Gasteiger partial charge >= 0.3 is 0 Å². The number of ether oxygens (including phenoxy) is 1. The van der Waals surface area contributed by atoms with Crippen molar-refractivity contribution in [2.75, 3.05) is 0 Å². The maximum absolute atomic E-state index is 5.95. The Labute approximate surface area is 171 Å². The van der Waals surface area contributed by atoms with Crippen LogP contribution in [0.1, 0.15) is 42.5 Å². The van der Waals surface area contributed by atoms with Gasteiger partial charge in [0, 0.05) is 6.81 Å². The zero-order chi connectivity index (χ0) is 19.8. The van der Waals surface area contributed by atoms with Crippen LogP contribution in [0, 0.1) is 5.92 Å². The first-order valence-electron chi connectivity index (χ1n) is 9.46. The average Bonchev–Trinajstić information content (AvgIpc) is 3.17. The van der Waals surface area contributed by atoms with Crippen molar-refractivity contribution in [2.45, 2.75) is 47.1 Å². The van der Waals surface area contributed by atoms with Crippen LogP contribution < -0.4 is 4.74 Å². The highest BCUT2D eigenvalue weighted by atomic mass is 32.1. The van der Waals surface area contributed by atoms with Crippen molar-refractivity contribution < 1.29 is 11.6 Å². The third kappa shape index (κ3) is 9.97. The molecule has 152 valence electrons. The molecule has 2 aromatic carbocycles. The third-order valence-corrected chi connectivity index (χ3v) is 4.12. The largest absolute Gasteiger partial charge is 0.489 e. The van der Waals surface area contributed by atoms with E-state index in [2.05, 4.69) is 62.5 Å². The Morgan fingerprint density at radius 1 is 0.889 bits per heavy atom. The van der Waals surface area contributed by atoms with Gasteiger partial charge in [-0.15, -0.1) is 13.2 Å². The third-order valence-electron chi connectivity index (χ3n) is 3.49. The maximum atomic E-state index is 5.95. The van der Waals surface area contributed by atoms with Crippen molar-refractivity contribution in [2.24, 2.45) is 5.92 Å². The van der Waals surface area contributed by atoms with Crippen molar-refractivity contribution in [1.29, 1.82) is 0 Å². The quantitative estimate of drug-likeness (QED) is 0.414. The van der Waals surface area contributed by atoms with Crippen molar-refractivity contribution in [3.05, 3.63) is 78.5 Å².